The molecule has 0 saturated carbocycles. The largest absolute Gasteiger partial charge is 0.489 e. The molecule has 1 N–H and O–H groups in total. The average Bonchev–Trinajstić information content (AvgIpc) is 3.47. The summed E-state index contributed by atoms with van der Waals surface area (Å²) < 4.78 is 27.7. The second-order valence-corrected chi connectivity index (χ2v) is 7.07. The van der Waals surface area contributed by atoms with Gasteiger partial charge < -0.3 is 33.9 Å². The van der Waals surface area contributed by atoms with Gasteiger partial charge in [-0.25, -0.2) is 0 Å². The molecule has 4 fully saturated rings. The van der Waals surface area contributed by atoms with E-state index in [1.807, 2.05) is 12.1 Å². The van der Waals surface area contributed by atoms with E-state index in [4.69, 9.17) is 23.7 Å². The van der Waals surface area contributed by atoms with Gasteiger partial charge in [0.2, 0.25) is 0 Å². The molecule has 0 amide bonds. The molecule has 0 aliphatic carbocycles. The second-order valence-electron chi connectivity index (χ2n) is 7.07. The van der Waals surface area contributed by atoms with Crippen molar-refractivity contribution < 1.29 is 23.7 Å². The van der Waals surface area contributed by atoms with E-state index in [1.54, 1.807) is 0 Å². The van der Waals surface area contributed by atoms with Crippen LogP contribution in [0.4, 0.5) is 11.4 Å². The molecule has 25 heavy (non-hydrogen) atoms. The van der Waals surface area contributed by atoms with Gasteiger partial charge in [0, 0.05) is 19.6 Å². The van der Waals surface area contributed by atoms with Crippen LogP contribution in [-0.2, 0) is 18.9 Å². The summed E-state index contributed by atoms with van der Waals surface area (Å²) in [5, 5.41) is 3.53. The van der Waals surface area contributed by atoms with Crippen LogP contribution in [0.3, 0.4) is 0 Å². The van der Waals surface area contributed by atoms with E-state index in [0.29, 0.717) is 24.9 Å². The lowest BCUT2D eigenvalue weighted by atomic mass is 10.2. The van der Waals surface area contributed by atoms with Gasteiger partial charge >= 0.3 is 0 Å². The van der Waals surface area contributed by atoms with Crippen LogP contribution in [0.1, 0.15) is 0 Å². The lowest BCUT2D eigenvalue weighted by Gasteiger charge is -2.28. The monoisotopic (exact) mass is 348 g/mol. The Morgan fingerprint density at radius 3 is 2.16 bits per heavy atom. The number of hydrogen-bond donors (Lipinski definition) is 1. The van der Waals surface area contributed by atoms with Gasteiger partial charge in [-0.1, -0.05) is 6.07 Å². The lowest BCUT2D eigenvalue weighted by Crippen LogP contribution is -2.33. The zero-order valence-electron chi connectivity index (χ0n) is 14.2. The lowest BCUT2D eigenvalue weighted by molar-refractivity contribution is 0.263. The fraction of sp³-hybridized carbons (Fsp3) is 0.667. The van der Waals surface area contributed by atoms with Crippen LogP contribution in [0.5, 0.6) is 5.75 Å². The summed E-state index contributed by atoms with van der Waals surface area (Å²) in [7, 11) is 0. The molecule has 0 radical (unpaired) electrons. The van der Waals surface area contributed by atoms with Crippen molar-refractivity contribution in [3.05, 3.63) is 18.2 Å². The van der Waals surface area contributed by atoms with Gasteiger partial charge in [0.1, 0.15) is 24.1 Å². The van der Waals surface area contributed by atoms with Crippen LogP contribution in [0.25, 0.3) is 0 Å². The standard InChI is InChI=1S/C18H24N2O5/c1-2-16(19-4-12-7-21-12)18(17(3-1)25-11-15-10-24-15)20(5-13-8-22-13)6-14-9-23-14/h1-3,12-15,19H,4-11H2. The molecule has 4 atom stereocenters. The van der Waals surface area contributed by atoms with E-state index in [0.717, 1.165) is 63.2 Å². The molecule has 7 nitrogen and oxygen atoms in total. The first kappa shape index (κ1) is 15.7. The van der Waals surface area contributed by atoms with Crippen molar-refractivity contribution in [3.63, 3.8) is 0 Å². The van der Waals surface area contributed by atoms with Crippen molar-refractivity contribution in [2.75, 3.05) is 62.9 Å². The molecule has 4 heterocycles. The third-order valence-corrected chi connectivity index (χ3v) is 4.72. The molecule has 4 aliphatic heterocycles. The van der Waals surface area contributed by atoms with Gasteiger partial charge in [0.15, 0.2) is 0 Å². The van der Waals surface area contributed by atoms with Gasteiger partial charge in [-0.05, 0) is 12.1 Å². The minimum Gasteiger partial charge on any atom is -0.489 e. The molecule has 0 bridgehead atoms. The van der Waals surface area contributed by atoms with E-state index in [1.165, 1.54) is 0 Å². The maximum absolute atomic E-state index is 6.09. The number of ether oxygens (including phenoxy) is 5. The summed E-state index contributed by atoms with van der Waals surface area (Å²) in [6, 6.07) is 6.17. The molecule has 4 aliphatic rings. The zero-order valence-corrected chi connectivity index (χ0v) is 14.2. The highest BCUT2D eigenvalue weighted by Gasteiger charge is 2.34. The molecule has 0 aromatic heterocycles. The summed E-state index contributed by atoms with van der Waals surface area (Å²) in [4.78, 5) is 2.34. The van der Waals surface area contributed by atoms with Crippen molar-refractivity contribution in [1.82, 2.24) is 0 Å². The van der Waals surface area contributed by atoms with Gasteiger partial charge in [0.25, 0.3) is 0 Å². The Kier molecular flexibility index (Phi) is 4.17. The summed E-state index contributed by atoms with van der Waals surface area (Å²) >= 11 is 0. The van der Waals surface area contributed by atoms with Crippen molar-refractivity contribution in [2.24, 2.45) is 0 Å². The van der Waals surface area contributed by atoms with Crippen molar-refractivity contribution in [2.45, 2.75) is 24.4 Å². The maximum atomic E-state index is 6.09. The molecular formula is C18H24N2O5. The minimum absolute atomic E-state index is 0.233. The Morgan fingerprint density at radius 1 is 0.920 bits per heavy atom. The van der Waals surface area contributed by atoms with Crippen LogP contribution < -0.4 is 15.0 Å². The fourth-order valence-electron chi connectivity index (χ4n) is 2.96. The molecule has 5 rings (SSSR count). The molecule has 136 valence electrons. The number of nitrogens with zero attached hydrogens (tertiary/aromatic N) is 1. The second kappa shape index (κ2) is 6.64. The number of para-hydroxylation sites is 1. The smallest absolute Gasteiger partial charge is 0.144 e. The summed E-state index contributed by atoms with van der Waals surface area (Å²) in [6.45, 7) is 6.42. The van der Waals surface area contributed by atoms with Crippen molar-refractivity contribution in [3.8, 4) is 5.75 Å². The van der Waals surface area contributed by atoms with E-state index >= 15 is 0 Å². The Hall–Kier alpha value is -1.54. The van der Waals surface area contributed by atoms with Gasteiger partial charge in [0.05, 0.1) is 50.4 Å². The maximum Gasteiger partial charge on any atom is 0.144 e. The first-order chi connectivity index (χ1) is 12.3. The quantitative estimate of drug-likeness (QED) is 0.595. The molecule has 0 spiro atoms. The summed E-state index contributed by atoms with van der Waals surface area (Å²) in [5.74, 6) is 0.888. The molecular weight excluding hydrogens is 324 g/mol. The molecule has 7 heteroatoms. The van der Waals surface area contributed by atoms with Crippen molar-refractivity contribution in [1.29, 1.82) is 0 Å². The highest BCUT2D eigenvalue weighted by atomic mass is 16.6. The predicted molar refractivity (Wildman–Crippen MR) is 91.6 cm³/mol. The third kappa shape index (κ3) is 4.36. The van der Waals surface area contributed by atoms with E-state index in [9.17, 15) is 0 Å². The number of anilines is 2. The summed E-state index contributed by atoms with van der Waals surface area (Å²) in [5.41, 5.74) is 2.17. The Labute approximate surface area is 147 Å². The number of nitrogens with one attached hydrogen (secondary N) is 1. The highest BCUT2D eigenvalue weighted by Crippen LogP contribution is 2.38. The Bertz CT molecular complexity index is 563. The summed E-state index contributed by atoms with van der Waals surface area (Å²) in [6.07, 6.45) is 1.16. The first-order valence-electron chi connectivity index (χ1n) is 9.06. The van der Waals surface area contributed by atoms with Crippen LogP contribution in [0, 0.1) is 0 Å². The van der Waals surface area contributed by atoms with E-state index in [-0.39, 0.29) is 6.10 Å². The van der Waals surface area contributed by atoms with E-state index in [2.05, 4.69) is 16.3 Å². The fourth-order valence-corrected chi connectivity index (χ4v) is 2.96. The number of epoxide rings is 4. The number of rotatable bonds is 11. The molecule has 1 aromatic rings. The SMILES string of the molecule is c1cc(NCC2CO2)c(N(CC2CO2)CC2CO2)c(OCC2CO2)c1. The van der Waals surface area contributed by atoms with Crippen LogP contribution in [0.2, 0.25) is 0 Å². The third-order valence-electron chi connectivity index (χ3n) is 4.72. The highest BCUT2D eigenvalue weighted by molar-refractivity contribution is 5.77. The van der Waals surface area contributed by atoms with E-state index < -0.39 is 0 Å². The number of benzene rings is 1. The molecule has 4 saturated heterocycles. The normalized spacial score (nSPS) is 31.4. The molecule has 1 aromatic carbocycles. The van der Waals surface area contributed by atoms with Crippen molar-refractivity contribution >= 4 is 11.4 Å². The first-order valence-corrected chi connectivity index (χ1v) is 9.06. The van der Waals surface area contributed by atoms with Crippen LogP contribution >= 0.6 is 0 Å². The van der Waals surface area contributed by atoms with Crippen LogP contribution in [0.15, 0.2) is 18.2 Å². The van der Waals surface area contributed by atoms with Crippen LogP contribution in [-0.4, -0.2) is 77.1 Å². The topological polar surface area (TPSA) is 74.6 Å². The molecule has 4 unspecified atom stereocenters. The Balaban J connectivity index is 1.39. The van der Waals surface area contributed by atoms with Gasteiger partial charge in [-0.3, -0.25) is 0 Å². The average molecular weight is 348 g/mol. The van der Waals surface area contributed by atoms with Gasteiger partial charge in [-0.15, -0.1) is 0 Å². The number of hydrogen-bond acceptors (Lipinski definition) is 7. The Morgan fingerprint density at radius 2 is 1.56 bits per heavy atom. The predicted octanol–water partition coefficient (Wildman–Crippen LogP) is 0.879. The van der Waals surface area contributed by atoms with Gasteiger partial charge in [-0.2, -0.15) is 0 Å². The minimum atomic E-state index is 0.233. The zero-order chi connectivity index (χ0) is 16.6.